The summed E-state index contributed by atoms with van der Waals surface area (Å²) in [5.41, 5.74) is 2.12. The second-order valence-electron chi connectivity index (χ2n) is 6.12. The summed E-state index contributed by atoms with van der Waals surface area (Å²) in [5, 5.41) is 0. The topological polar surface area (TPSA) is 61.8 Å². The molecule has 2 bridgehead atoms. The van der Waals surface area contributed by atoms with Gasteiger partial charge in [0.15, 0.2) is 0 Å². The van der Waals surface area contributed by atoms with Crippen LogP contribution in [0.2, 0.25) is 0 Å². The lowest BCUT2D eigenvalue weighted by Crippen LogP contribution is -2.30. The number of carbonyl (C=O) groups excluding carboxylic acids is 2. The van der Waals surface area contributed by atoms with E-state index in [9.17, 15) is 9.59 Å². The minimum Gasteiger partial charge on any atom is -0.497 e. The number of carbonyl (C=O) groups is 2. The number of benzene rings is 1. The molecule has 1 saturated heterocycles. The van der Waals surface area contributed by atoms with Gasteiger partial charge >= 0.3 is 5.97 Å². The zero-order valence-corrected chi connectivity index (χ0v) is 13.4. The summed E-state index contributed by atoms with van der Waals surface area (Å²) in [6.07, 6.45) is 2.85. The van der Waals surface area contributed by atoms with Crippen LogP contribution in [-0.2, 0) is 25.5 Å². The van der Waals surface area contributed by atoms with E-state index in [1.54, 1.807) is 7.11 Å². The molecular formula is C18H22O5. The number of hydrogen-bond acceptors (Lipinski definition) is 5. The molecule has 0 unspecified atom stereocenters. The van der Waals surface area contributed by atoms with Crippen molar-refractivity contribution < 1.29 is 23.8 Å². The van der Waals surface area contributed by atoms with Gasteiger partial charge in [0.25, 0.3) is 0 Å². The molecule has 23 heavy (non-hydrogen) atoms. The standard InChI is InChI=1S/C18H22O5/c1-21-14-5-6-16-12(9-14)3-2-4-18(20)22-8-7-15-10-13(19)11-17(16)23-15/h5-6,9,15,17H,2-4,7-8,10-11H2,1H3/t15-,17-/m0/s1. The van der Waals surface area contributed by atoms with Gasteiger partial charge in [0.1, 0.15) is 11.5 Å². The van der Waals surface area contributed by atoms with Crippen molar-refractivity contribution in [2.45, 2.75) is 50.7 Å². The summed E-state index contributed by atoms with van der Waals surface area (Å²) < 4.78 is 16.6. The summed E-state index contributed by atoms with van der Waals surface area (Å²) in [7, 11) is 1.63. The average molecular weight is 318 g/mol. The number of Topliss-reactive ketones (excluding diaryl/α,β-unsaturated/α-hetero) is 1. The van der Waals surface area contributed by atoms with Gasteiger partial charge in [-0.1, -0.05) is 6.07 Å². The predicted molar refractivity (Wildman–Crippen MR) is 83.4 cm³/mol. The first kappa shape index (κ1) is 16.0. The van der Waals surface area contributed by atoms with E-state index in [2.05, 4.69) is 0 Å². The Labute approximate surface area is 135 Å². The number of hydrogen-bond donors (Lipinski definition) is 0. The van der Waals surface area contributed by atoms with E-state index >= 15 is 0 Å². The molecule has 0 amide bonds. The van der Waals surface area contributed by atoms with Crippen molar-refractivity contribution in [1.29, 1.82) is 0 Å². The van der Waals surface area contributed by atoms with Gasteiger partial charge in [0, 0.05) is 25.7 Å². The van der Waals surface area contributed by atoms with E-state index in [0.717, 1.165) is 23.3 Å². The average Bonchev–Trinajstić information content (AvgIpc) is 2.53. The third-order valence-corrected chi connectivity index (χ3v) is 4.45. The van der Waals surface area contributed by atoms with Crippen LogP contribution >= 0.6 is 0 Å². The van der Waals surface area contributed by atoms with Gasteiger partial charge in [0.2, 0.25) is 0 Å². The first-order valence-electron chi connectivity index (χ1n) is 8.15. The minimum atomic E-state index is -0.211. The van der Waals surface area contributed by atoms with Crippen molar-refractivity contribution >= 4 is 11.8 Å². The van der Waals surface area contributed by atoms with Crippen LogP contribution in [0, 0.1) is 0 Å². The molecule has 5 nitrogen and oxygen atoms in total. The molecule has 2 aliphatic heterocycles. The highest BCUT2D eigenvalue weighted by Crippen LogP contribution is 2.35. The van der Waals surface area contributed by atoms with Crippen molar-refractivity contribution in [2.24, 2.45) is 0 Å². The summed E-state index contributed by atoms with van der Waals surface area (Å²) >= 11 is 0. The van der Waals surface area contributed by atoms with Crippen LogP contribution in [-0.4, -0.2) is 31.6 Å². The maximum atomic E-state index is 12.1. The van der Waals surface area contributed by atoms with Crippen LogP contribution in [0.1, 0.15) is 49.3 Å². The molecule has 1 aromatic rings. The van der Waals surface area contributed by atoms with E-state index in [0.29, 0.717) is 38.7 Å². The number of methoxy groups -OCH3 is 1. The molecule has 0 radical (unpaired) electrons. The molecule has 2 aliphatic rings. The van der Waals surface area contributed by atoms with Gasteiger partial charge in [-0.15, -0.1) is 0 Å². The molecule has 1 aromatic carbocycles. The Bertz CT molecular complexity index is 595. The lowest BCUT2D eigenvalue weighted by Gasteiger charge is -2.31. The molecule has 0 N–H and O–H groups in total. The second kappa shape index (κ2) is 7.13. The van der Waals surface area contributed by atoms with Crippen molar-refractivity contribution in [2.75, 3.05) is 13.7 Å². The fourth-order valence-corrected chi connectivity index (χ4v) is 3.27. The van der Waals surface area contributed by atoms with E-state index in [4.69, 9.17) is 14.2 Å². The number of rotatable bonds is 1. The van der Waals surface area contributed by atoms with Crippen molar-refractivity contribution in [3.05, 3.63) is 29.3 Å². The third kappa shape index (κ3) is 3.91. The van der Waals surface area contributed by atoms with Crippen molar-refractivity contribution in [1.82, 2.24) is 0 Å². The SMILES string of the molecule is COc1ccc2c(c1)CCCC(=O)OCC[C@H]1CC(=O)C[C@@H]2O1. The minimum absolute atomic E-state index is 0.177. The highest BCUT2D eigenvalue weighted by molar-refractivity contribution is 5.80. The zero-order chi connectivity index (χ0) is 16.2. The molecule has 0 aliphatic carbocycles. The molecule has 2 heterocycles. The molecule has 5 heteroatoms. The Hall–Kier alpha value is -1.88. The van der Waals surface area contributed by atoms with Gasteiger partial charge < -0.3 is 14.2 Å². The number of ether oxygens (including phenoxy) is 3. The molecule has 1 fully saturated rings. The molecule has 0 saturated carbocycles. The molecule has 2 atom stereocenters. The predicted octanol–water partition coefficient (Wildman–Crippen LogP) is 2.75. The smallest absolute Gasteiger partial charge is 0.305 e. The van der Waals surface area contributed by atoms with E-state index in [1.807, 2.05) is 18.2 Å². The van der Waals surface area contributed by atoms with Crippen LogP contribution in [0.4, 0.5) is 0 Å². The van der Waals surface area contributed by atoms with Crippen LogP contribution in [0.25, 0.3) is 0 Å². The fourth-order valence-electron chi connectivity index (χ4n) is 3.27. The maximum Gasteiger partial charge on any atom is 0.305 e. The molecule has 0 spiro atoms. The Morgan fingerprint density at radius 3 is 2.87 bits per heavy atom. The van der Waals surface area contributed by atoms with Crippen molar-refractivity contribution in [3.8, 4) is 5.75 Å². The van der Waals surface area contributed by atoms with E-state index in [1.165, 1.54) is 0 Å². The van der Waals surface area contributed by atoms with Crippen LogP contribution in [0.5, 0.6) is 5.75 Å². The quantitative estimate of drug-likeness (QED) is 0.745. The lowest BCUT2D eigenvalue weighted by molar-refractivity contribution is -0.147. The number of cyclic esters (lactones) is 1. The maximum absolute atomic E-state index is 12.1. The Kier molecular flexibility index (Phi) is 4.96. The van der Waals surface area contributed by atoms with Crippen LogP contribution in [0.15, 0.2) is 18.2 Å². The highest BCUT2D eigenvalue weighted by atomic mass is 16.5. The van der Waals surface area contributed by atoms with Crippen LogP contribution in [0.3, 0.4) is 0 Å². The van der Waals surface area contributed by atoms with Crippen LogP contribution < -0.4 is 4.74 Å². The lowest BCUT2D eigenvalue weighted by atomic mass is 9.91. The van der Waals surface area contributed by atoms with Gasteiger partial charge in [-0.2, -0.15) is 0 Å². The third-order valence-electron chi connectivity index (χ3n) is 4.45. The molecule has 124 valence electrons. The second-order valence-corrected chi connectivity index (χ2v) is 6.12. The summed E-state index contributed by atoms with van der Waals surface area (Å²) in [4.78, 5) is 23.8. The Balaban J connectivity index is 1.92. The first-order chi connectivity index (χ1) is 11.2. The summed E-state index contributed by atoms with van der Waals surface area (Å²) in [6, 6.07) is 5.86. The summed E-state index contributed by atoms with van der Waals surface area (Å²) in [5.74, 6) is 0.794. The Morgan fingerprint density at radius 1 is 1.17 bits per heavy atom. The van der Waals surface area contributed by atoms with Gasteiger partial charge in [-0.05, 0) is 36.1 Å². The molecular weight excluding hydrogens is 296 g/mol. The number of esters is 1. The first-order valence-corrected chi connectivity index (χ1v) is 8.15. The zero-order valence-electron chi connectivity index (χ0n) is 13.4. The van der Waals surface area contributed by atoms with Crippen molar-refractivity contribution in [3.63, 3.8) is 0 Å². The van der Waals surface area contributed by atoms with E-state index < -0.39 is 0 Å². The largest absolute Gasteiger partial charge is 0.497 e. The molecule has 0 aromatic heterocycles. The highest BCUT2D eigenvalue weighted by Gasteiger charge is 2.30. The van der Waals surface area contributed by atoms with E-state index in [-0.39, 0.29) is 24.0 Å². The fraction of sp³-hybridized carbons (Fsp3) is 0.556. The number of fused-ring (bicyclic) bond motifs is 4. The monoisotopic (exact) mass is 318 g/mol. The van der Waals surface area contributed by atoms with Gasteiger partial charge in [-0.25, -0.2) is 0 Å². The molecule has 3 rings (SSSR count). The normalized spacial score (nSPS) is 25.6. The van der Waals surface area contributed by atoms with Gasteiger partial charge in [0.05, 0.1) is 25.9 Å². The number of aryl methyl sites for hydroxylation is 1. The summed E-state index contributed by atoms with van der Waals surface area (Å²) in [6.45, 7) is 0.318. The Morgan fingerprint density at radius 2 is 2.04 bits per heavy atom. The number of ketones is 1. The van der Waals surface area contributed by atoms with Gasteiger partial charge in [-0.3, -0.25) is 9.59 Å².